The molecule has 0 radical (unpaired) electrons. The van der Waals surface area contributed by atoms with Crippen molar-refractivity contribution in [1.82, 2.24) is 0 Å². The summed E-state index contributed by atoms with van der Waals surface area (Å²) in [6.07, 6.45) is 2.67. The molecular formula is C11H13BrO. The molecule has 0 aliphatic heterocycles. The molecule has 1 saturated carbocycles. The van der Waals surface area contributed by atoms with Crippen LogP contribution in [0.4, 0.5) is 0 Å². The standard InChI is InChI=1S/C11H13BrO/c1-8-3-2-4-10(12)11(8)13-7-9-5-6-9/h2-4,9H,5-7H2,1H3. The van der Waals surface area contributed by atoms with Crippen LogP contribution in [0.1, 0.15) is 18.4 Å². The van der Waals surface area contributed by atoms with Crippen LogP contribution in [-0.4, -0.2) is 6.61 Å². The summed E-state index contributed by atoms with van der Waals surface area (Å²) in [6.45, 7) is 2.95. The highest BCUT2D eigenvalue weighted by atomic mass is 79.9. The number of benzene rings is 1. The first-order chi connectivity index (χ1) is 6.27. The van der Waals surface area contributed by atoms with Gasteiger partial charge in [0.15, 0.2) is 0 Å². The minimum absolute atomic E-state index is 0.812. The van der Waals surface area contributed by atoms with Crippen molar-refractivity contribution in [2.75, 3.05) is 6.61 Å². The number of halogens is 1. The fourth-order valence-electron chi connectivity index (χ4n) is 1.29. The van der Waals surface area contributed by atoms with Crippen molar-refractivity contribution in [2.24, 2.45) is 5.92 Å². The van der Waals surface area contributed by atoms with Gasteiger partial charge in [0.25, 0.3) is 0 Å². The van der Waals surface area contributed by atoms with Crippen molar-refractivity contribution in [1.29, 1.82) is 0 Å². The van der Waals surface area contributed by atoms with Crippen molar-refractivity contribution in [3.8, 4) is 5.75 Å². The molecule has 13 heavy (non-hydrogen) atoms. The zero-order valence-electron chi connectivity index (χ0n) is 7.72. The van der Waals surface area contributed by atoms with Gasteiger partial charge in [0, 0.05) is 0 Å². The Morgan fingerprint density at radius 3 is 2.85 bits per heavy atom. The average Bonchev–Trinajstić information content (AvgIpc) is 2.87. The quantitative estimate of drug-likeness (QED) is 0.786. The van der Waals surface area contributed by atoms with Crippen LogP contribution in [0.15, 0.2) is 22.7 Å². The zero-order chi connectivity index (χ0) is 9.26. The molecule has 0 spiro atoms. The summed E-state index contributed by atoms with van der Waals surface area (Å²) >= 11 is 3.49. The van der Waals surface area contributed by atoms with Gasteiger partial charge in [-0.25, -0.2) is 0 Å². The maximum absolute atomic E-state index is 5.74. The van der Waals surface area contributed by atoms with Gasteiger partial charge in [0.1, 0.15) is 5.75 Å². The number of ether oxygens (including phenoxy) is 1. The number of hydrogen-bond acceptors (Lipinski definition) is 1. The number of aryl methyl sites for hydroxylation is 1. The second-order valence-electron chi connectivity index (χ2n) is 3.64. The third-order valence-corrected chi connectivity index (χ3v) is 2.95. The van der Waals surface area contributed by atoms with Gasteiger partial charge in [-0.3, -0.25) is 0 Å². The molecule has 0 aromatic heterocycles. The van der Waals surface area contributed by atoms with E-state index in [9.17, 15) is 0 Å². The van der Waals surface area contributed by atoms with E-state index in [2.05, 4.69) is 28.9 Å². The Balaban J connectivity index is 2.07. The number of hydrogen-bond donors (Lipinski definition) is 0. The summed E-state index contributed by atoms with van der Waals surface area (Å²) in [5, 5.41) is 0. The average molecular weight is 241 g/mol. The van der Waals surface area contributed by atoms with Gasteiger partial charge < -0.3 is 4.74 Å². The maximum atomic E-state index is 5.74. The molecule has 1 nitrogen and oxygen atoms in total. The highest BCUT2D eigenvalue weighted by Gasteiger charge is 2.22. The molecular weight excluding hydrogens is 228 g/mol. The van der Waals surface area contributed by atoms with Crippen LogP contribution < -0.4 is 4.74 Å². The summed E-state index contributed by atoms with van der Waals surface area (Å²) in [5.74, 6) is 1.82. The second-order valence-corrected chi connectivity index (χ2v) is 4.49. The molecule has 0 bridgehead atoms. The summed E-state index contributed by atoms with van der Waals surface area (Å²) < 4.78 is 6.81. The molecule has 1 aliphatic rings. The summed E-state index contributed by atoms with van der Waals surface area (Å²) in [5.41, 5.74) is 1.20. The van der Waals surface area contributed by atoms with Crippen LogP contribution in [0, 0.1) is 12.8 Å². The second kappa shape index (κ2) is 3.70. The topological polar surface area (TPSA) is 9.23 Å². The first-order valence-electron chi connectivity index (χ1n) is 4.65. The molecule has 1 fully saturated rings. The van der Waals surface area contributed by atoms with E-state index in [0.29, 0.717) is 0 Å². The molecule has 0 amide bonds. The molecule has 0 atom stereocenters. The normalized spacial score (nSPS) is 15.8. The Bertz CT molecular complexity index is 285. The first-order valence-corrected chi connectivity index (χ1v) is 5.44. The number of para-hydroxylation sites is 1. The Hall–Kier alpha value is -0.500. The van der Waals surface area contributed by atoms with E-state index in [-0.39, 0.29) is 0 Å². The van der Waals surface area contributed by atoms with Crippen molar-refractivity contribution in [2.45, 2.75) is 19.8 Å². The molecule has 0 heterocycles. The third kappa shape index (κ3) is 2.25. The molecule has 1 aromatic carbocycles. The van der Waals surface area contributed by atoms with Gasteiger partial charge in [-0.2, -0.15) is 0 Å². The largest absolute Gasteiger partial charge is 0.492 e. The van der Waals surface area contributed by atoms with E-state index in [0.717, 1.165) is 22.7 Å². The minimum atomic E-state index is 0.812. The van der Waals surface area contributed by atoms with Crippen LogP contribution in [0.3, 0.4) is 0 Å². The molecule has 1 aromatic rings. The number of rotatable bonds is 3. The van der Waals surface area contributed by atoms with Gasteiger partial charge in [-0.05, 0) is 53.2 Å². The molecule has 70 valence electrons. The Kier molecular flexibility index (Phi) is 2.58. The molecule has 2 rings (SSSR count). The highest BCUT2D eigenvalue weighted by molar-refractivity contribution is 9.10. The summed E-state index contributed by atoms with van der Waals surface area (Å²) in [4.78, 5) is 0. The molecule has 2 heteroatoms. The van der Waals surface area contributed by atoms with Gasteiger partial charge >= 0.3 is 0 Å². The van der Waals surface area contributed by atoms with E-state index >= 15 is 0 Å². The van der Waals surface area contributed by atoms with E-state index < -0.39 is 0 Å². The summed E-state index contributed by atoms with van der Waals surface area (Å²) in [7, 11) is 0. The summed E-state index contributed by atoms with van der Waals surface area (Å²) in [6, 6.07) is 6.13. The molecule has 0 unspecified atom stereocenters. The van der Waals surface area contributed by atoms with Crippen LogP contribution in [0.25, 0.3) is 0 Å². The predicted molar refractivity (Wildman–Crippen MR) is 57.1 cm³/mol. The van der Waals surface area contributed by atoms with Crippen molar-refractivity contribution >= 4 is 15.9 Å². The van der Waals surface area contributed by atoms with E-state index in [1.54, 1.807) is 0 Å². The fourth-order valence-corrected chi connectivity index (χ4v) is 1.86. The lowest BCUT2D eigenvalue weighted by molar-refractivity contribution is 0.296. The van der Waals surface area contributed by atoms with Crippen LogP contribution in [-0.2, 0) is 0 Å². The van der Waals surface area contributed by atoms with Crippen LogP contribution in [0.5, 0.6) is 5.75 Å². The monoisotopic (exact) mass is 240 g/mol. The Morgan fingerprint density at radius 2 is 2.23 bits per heavy atom. The SMILES string of the molecule is Cc1cccc(Br)c1OCC1CC1. The van der Waals surface area contributed by atoms with Gasteiger partial charge in [0.05, 0.1) is 11.1 Å². The van der Waals surface area contributed by atoms with Gasteiger partial charge in [-0.1, -0.05) is 12.1 Å². The fraction of sp³-hybridized carbons (Fsp3) is 0.455. The predicted octanol–water partition coefficient (Wildman–Crippen LogP) is 3.55. The highest BCUT2D eigenvalue weighted by Crippen LogP contribution is 2.33. The van der Waals surface area contributed by atoms with Crippen molar-refractivity contribution < 1.29 is 4.74 Å². The van der Waals surface area contributed by atoms with E-state index in [1.165, 1.54) is 18.4 Å². The Labute approximate surface area is 87.2 Å². The van der Waals surface area contributed by atoms with Gasteiger partial charge in [0.2, 0.25) is 0 Å². The molecule has 0 N–H and O–H groups in total. The third-order valence-electron chi connectivity index (χ3n) is 2.32. The lowest BCUT2D eigenvalue weighted by atomic mass is 10.2. The Morgan fingerprint density at radius 1 is 1.46 bits per heavy atom. The van der Waals surface area contributed by atoms with Crippen molar-refractivity contribution in [3.63, 3.8) is 0 Å². The maximum Gasteiger partial charge on any atom is 0.136 e. The molecule has 1 aliphatic carbocycles. The lowest BCUT2D eigenvalue weighted by Crippen LogP contribution is -2.00. The zero-order valence-corrected chi connectivity index (χ0v) is 9.30. The van der Waals surface area contributed by atoms with E-state index in [4.69, 9.17) is 4.74 Å². The smallest absolute Gasteiger partial charge is 0.136 e. The van der Waals surface area contributed by atoms with Gasteiger partial charge in [-0.15, -0.1) is 0 Å². The van der Waals surface area contributed by atoms with E-state index in [1.807, 2.05) is 12.1 Å². The first kappa shape index (κ1) is 9.07. The van der Waals surface area contributed by atoms with Crippen LogP contribution >= 0.6 is 15.9 Å². The van der Waals surface area contributed by atoms with Crippen LogP contribution in [0.2, 0.25) is 0 Å². The minimum Gasteiger partial charge on any atom is -0.492 e. The molecule has 0 saturated heterocycles. The lowest BCUT2D eigenvalue weighted by Gasteiger charge is -2.09. The van der Waals surface area contributed by atoms with Crippen molar-refractivity contribution in [3.05, 3.63) is 28.2 Å².